The van der Waals surface area contributed by atoms with Crippen molar-refractivity contribution < 1.29 is 4.79 Å². The van der Waals surface area contributed by atoms with E-state index in [2.05, 4.69) is 10.6 Å². The number of rotatable bonds is 2. The molecule has 1 aliphatic carbocycles. The summed E-state index contributed by atoms with van der Waals surface area (Å²) in [5.41, 5.74) is 1.36. The quantitative estimate of drug-likeness (QED) is 0.648. The summed E-state index contributed by atoms with van der Waals surface area (Å²) in [4.78, 5) is 10.9. The van der Waals surface area contributed by atoms with Gasteiger partial charge in [0, 0.05) is 12.7 Å². The molecule has 0 aromatic heterocycles. The third kappa shape index (κ3) is 2.95. The van der Waals surface area contributed by atoms with Gasteiger partial charge < -0.3 is 10.6 Å². The van der Waals surface area contributed by atoms with Gasteiger partial charge >= 0.3 is 6.03 Å². The van der Waals surface area contributed by atoms with Crippen LogP contribution < -0.4 is 10.6 Å². The van der Waals surface area contributed by atoms with Crippen molar-refractivity contribution in [2.45, 2.75) is 32.6 Å². The second-order valence-corrected chi connectivity index (χ2v) is 3.01. The van der Waals surface area contributed by atoms with E-state index in [-0.39, 0.29) is 6.03 Å². The molecule has 12 heavy (non-hydrogen) atoms. The fourth-order valence-corrected chi connectivity index (χ4v) is 1.35. The number of nitrogens with one attached hydrogen (secondary N) is 2. The maximum absolute atomic E-state index is 10.9. The van der Waals surface area contributed by atoms with Crippen molar-refractivity contribution in [3.05, 3.63) is 11.8 Å². The summed E-state index contributed by atoms with van der Waals surface area (Å²) in [5, 5.41) is 5.39. The number of carbonyl (C=O) groups is 1. The molecule has 0 heterocycles. The lowest BCUT2D eigenvalue weighted by atomic mass is 10.2. The summed E-state index contributed by atoms with van der Waals surface area (Å²) in [6, 6.07) is -0.100. The van der Waals surface area contributed by atoms with Crippen LogP contribution in [-0.2, 0) is 0 Å². The molecule has 1 rings (SSSR count). The van der Waals surface area contributed by atoms with E-state index < -0.39 is 0 Å². The standard InChI is InChI=1S/C9H16N2O/c1-2-10-9(12)11-7-8-5-3-4-6-8/h7H,2-6H2,1H3,(H2,10,11,12). The van der Waals surface area contributed by atoms with Crippen LogP contribution >= 0.6 is 0 Å². The number of allylic oxidation sites excluding steroid dienone is 1. The van der Waals surface area contributed by atoms with E-state index in [0.717, 1.165) is 12.8 Å². The maximum Gasteiger partial charge on any atom is 0.318 e. The smallest absolute Gasteiger partial charge is 0.318 e. The Hall–Kier alpha value is -0.990. The lowest BCUT2D eigenvalue weighted by molar-refractivity contribution is 0.244. The highest BCUT2D eigenvalue weighted by Gasteiger charge is 2.05. The molecule has 1 saturated carbocycles. The minimum Gasteiger partial charge on any atom is -0.338 e. The molecule has 3 nitrogen and oxygen atoms in total. The SMILES string of the molecule is CCNC(=O)NC=C1CCCC1. The molecule has 0 atom stereocenters. The van der Waals surface area contributed by atoms with Crippen LogP contribution in [0.1, 0.15) is 32.6 Å². The first-order chi connectivity index (χ1) is 5.83. The van der Waals surface area contributed by atoms with E-state index in [0.29, 0.717) is 6.54 Å². The van der Waals surface area contributed by atoms with Gasteiger partial charge in [-0.25, -0.2) is 4.79 Å². The molecule has 0 radical (unpaired) electrons. The highest BCUT2D eigenvalue weighted by atomic mass is 16.2. The summed E-state index contributed by atoms with van der Waals surface area (Å²) in [6.07, 6.45) is 6.67. The van der Waals surface area contributed by atoms with Crippen LogP contribution in [0.15, 0.2) is 11.8 Å². The normalized spacial score (nSPS) is 15.9. The third-order valence-corrected chi connectivity index (χ3v) is 1.99. The van der Waals surface area contributed by atoms with Crippen molar-refractivity contribution in [1.29, 1.82) is 0 Å². The van der Waals surface area contributed by atoms with Crippen LogP contribution in [-0.4, -0.2) is 12.6 Å². The predicted molar refractivity (Wildman–Crippen MR) is 48.8 cm³/mol. The molecule has 0 aliphatic heterocycles. The first-order valence-corrected chi connectivity index (χ1v) is 4.55. The van der Waals surface area contributed by atoms with E-state index in [4.69, 9.17) is 0 Å². The average Bonchev–Trinajstić information content (AvgIpc) is 2.53. The number of carbonyl (C=O) groups excluding carboxylic acids is 1. The van der Waals surface area contributed by atoms with Crippen LogP contribution in [0.3, 0.4) is 0 Å². The van der Waals surface area contributed by atoms with Gasteiger partial charge in [-0.1, -0.05) is 5.57 Å². The second kappa shape index (κ2) is 4.80. The van der Waals surface area contributed by atoms with Crippen molar-refractivity contribution in [2.24, 2.45) is 0 Å². The topological polar surface area (TPSA) is 41.1 Å². The molecule has 0 aromatic rings. The van der Waals surface area contributed by atoms with Gasteiger partial charge in [-0.05, 0) is 32.6 Å². The molecule has 0 aromatic carbocycles. The summed E-state index contributed by atoms with van der Waals surface area (Å²) < 4.78 is 0. The van der Waals surface area contributed by atoms with Crippen LogP contribution in [0.25, 0.3) is 0 Å². The fourth-order valence-electron chi connectivity index (χ4n) is 1.35. The van der Waals surface area contributed by atoms with E-state index in [9.17, 15) is 4.79 Å². The molecule has 2 amide bonds. The lowest BCUT2D eigenvalue weighted by Gasteiger charge is -2.01. The lowest BCUT2D eigenvalue weighted by Crippen LogP contribution is -2.31. The number of hydrogen-bond acceptors (Lipinski definition) is 1. The third-order valence-electron chi connectivity index (χ3n) is 1.99. The molecular formula is C9H16N2O. The second-order valence-electron chi connectivity index (χ2n) is 3.01. The van der Waals surface area contributed by atoms with Crippen molar-refractivity contribution in [3.8, 4) is 0 Å². The van der Waals surface area contributed by atoms with Crippen LogP contribution in [0, 0.1) is 0 Å². The molecule has 1 aliphatic rings. The Bertz CT molecular complexity index is 179. The minimum atomic E-state index is -0.100. The van der Waals surface area contributed by atoms with Crippen LogP contribution in [0.4, 0.5) is 4.79 Å². The molecule has 1 fully saturated rings. The largest absolute Gasteiger partial charge is 0.338 e. The van der Waals surface area contributed by atoms with Crippen molar-refractivity contribution in [1.82, 2.24) is 10.6 Å². The first kappa shape index (κ1) is 9.10. The Labute approximate surface area is 73.2 Å². The van der Waals surface area contributed by atoms with Crippen molar-refractivity contribution >= 4 is 6.03 Å². The zero-order valence-electron chi connectivity index (χ0n) is 7.52. The molecule has 0 spiro atoms. The summed E-state index contributed by atoms with van der Waals surface area (Å²) in [7, 11) is 0. The van der Waals surface area contributed by atoms with Crippen molar-refractivity contribution in [3.63, 3.8) is 0 Å². The summed E-state index contributed by atoms with van der Waals surface area (Å²) in [6.45, 7) is 2.58. The van der Waals surface area contributed by atoms with Crippen molar-refractivity contribution in [2.75, 3.05) is 6.54 Å². The maximum atomic E-state index is 10.9. The van der Waals surface area contributed by atoms with Gasteiger partial charge in [0.1, 0.15) is 0 Å². The molecule has 3 heteroatoms. The monoisotopic (exact) mass is 168 g/mol. The summed E-state index contributed by atoms with van der Waals surface area (Å²) >= 11 is 0. The van der Waals surface area contributed by atoms with E-state index in [1.807, 2.05) is 13.1 Å². The molecule has 2 N–H and O–H groups in total. The Morgan fingerprint density at radius 2 is 2.17 bits per heavy atom. The minimum absolute atomic E-state index is 0.100. The van der Waals surface area contributed by atoms with Gasteiger partial charge in [0.15, 0.2) is 0 Å². The molecule has 0 saturated heterocycles. The zero-order chi connectivity index (χ0) is 8.81. The van der Waals surface area contributed by atoms with Gasteiger partial charge in [0.2, 0.25) is 0 Å². The predicted octanol–water partition coefficient (Wildman–Crippen LogP) is 1.76. The average molecular weight is 168 g/mol. The zero-order valence-corrected chi connectivity index (χ0v) is 7.52. The summed E-state index contributed by atoms with van der Waals surface area (Å²) in [5.74, 6) is 0. The highest BCUT2D eigenvalue weighted by Crippen LogP contribution is 2.22. The van der Waals surface area contributed by atoms with Gasteiger partial charge in [0.05, 0.1) is 0 Å². The van der Waals surface area contributed by atoms with Crippen LogP contribution in [0.5, 0.6) is 0 Å². The number of urea groups is 1. The molecule has 0 unspecified atom stereocenters. The fraction of sp³-hybridized carbons (Fsp3) is 0.667. The van der Waals surface area contributed by atoms with Gasteiger partial charge in [0.25, 0.3) is 0 Å². The Balaban J connectivity index is 2.22. The van der Waals surface area contributed by atoms with Crippen LogP contribution in [0.2, 0.25) is 0 Å². The van der Waals surface area contributed by atoms with E-state index in [1.165, 1.54) is 18.4 Å². The van der Waals surface area contributed by atoms with E-state index >= 15 is 0 Å². The Morgan fingerprint density at radius 3 is 2.75 bits per heavy atom. The van der Waals surface area contributed by atoms with Gasteiger partial charge in [-0.2, -0.15) is 0 Å². The molecule has 0 bridgehead atoms. The Kier molecular flexibility index (Phi) is 3.64. The van der Waals surface area contributed by atoms with Gasteiger partial charge in [-0.15, -0.1) is 0 Å². The molecule has 68 valence electrons. The van der Waals surface area contributed by atoms with E-state index in [1.54, 1.807) is 0 Å². The number of amides is 2. The molecular weight excluding hydrogens is 152 g/mol. The highest BCUT2D eigenvalue weighted by molar-refractivity contribution is 5.74. The number of hydrogen-bond donors (Lipinski definition) is 2. The first-order valence-electron chi connectivity index (χ1n) is 4.55. The Morgan fingerprint density at radius 1 is 1.50 bits per heavy atom. The van der Waals surface area contributed by atoms with Gasteiger partial charge in [-0.3, -0.25) is 0 Å².